The Morgan fingerprint density at radius 1 is 0.920 bits per heavy atom. The van der Waals surface area contributed by atoms with Crippen molar-refractivity contribution in [2.45, 2.75) is 38.2 Å². The van der Waals surface area contributed by atoms with E-state index in [4.69, 9.17) is 4.74 Å². The first kappa shape index (κ1) is 15.9. The molecule has 0 bridgehead atoms. The van der Waals surface area contributed by atoms with Gasteiger partial charge in [-0.05, 0) is 59.6 Å². The minimum atomic E-state index is -0.222. The third kappa shape index (κ3) is 3.43. The fraction of sp³-hybridized carbons (Fsp3) is 0.261. The van der Waals surface area contributed by atoms with Gasteiger partial charge in [-0.3, -0.25) is 0 Å². The first-order valence-electron chi connectivity index (χ1n) is 9.10. The molecule has 2 aromatic carbocycles. The highest BCUT2D eigenvalue weighted by Crippen LogP contribution is 2.41. The van der Waals surface area contributed by atoms with Crippen LogP contribution in [0.3, 0.4) is 0 Å². The summed E-state index contributed by atoms with van der Waals surface area (Å²) in [6.07, 6.45) is 9.48. The van der Waals surface area contributed by atoms with E-state index in [2.05, 4.69) is 30.3 Å². The molecule has 2 heteroatoms. The van der Waals surface area contributed by atoms with Gasteiger partial charge in [-0.15, -0.1) is 0 Å². The summed E-state index contributed by atoms with van der Waals surface area (Å²) in [5.74, 6) is -0.222. The van der Waals surface area contributed by atoms with Gasteiger partial charge in [0.05, 0.1) is 0 Å². The van der Waals surface area contributed by atoms with Gasteiger partial charge in [0.25, 0.3) is 0 Å². The normalized spacial score (nSPS) is 18.7. The number of benzene rings is 2. The molecule has 0 N–H and O–H groups in total. The summed E-state index contributed by atoms with van der Waals surface area (Å²) in [5.41, 5.74) is 5.42. The molecule has 2 aromatic rings. The molecule has 4 rings (SSSR count). The predicted molar refractivity (Wildman–Crippen MR) is 102 cm³/mol. The highest BCUT2D eigenvalue weighted by molar-refractivity contribution is 6.20. The fourth-order valence-corrected chi connectivity index (χ4v) is 3.76. The number of fused-ring (bicyclic) bond motifs is 1. The van der Waals surface area contributed by atoms with Crippen molar-refractivity contribution in [1.29, 1.82) is 0 Å². The SMILES string of the molecule is O=C(/C=C1/C(c2ccccc2)=Cc2ccccc21)OC1CCCCC1. The quantitative estimate of drug-likeness (QED) is 0.548. The molecule has 25 heavy (non-hydrogen) atoms. The molecule has 126 valence electrons. The van der Waals surface area contributed by atoms with Crippen molar-refractivity contribution in [3.63, 3.8) is 0 Å². The maximum absolute atomic E-state index is 12.5. The molecule has 0 spiro atoms. The van der Waals surface area contributed by atoms with Crippen LogP contribution >= 0.6 is 0 Å². The lowest BCUT2D eigenvalue weighted by atomic mass is 9.96. The Balaban J connectivity index is 1.64. The summed E-state index contributed by atoms with van der Waals surface area (Å²) in [5, 5.41) is 0. The van der Waals surface area contributed by atoms with Gasteiger partial charge in [0.15, 0.2) is 0 Å². The lowest BCUT2D eigenvalue weighted by Gasteiger charge is -2.21. The average Bonchev–Trinajstić information content (AvgIpc) is 3.02. The van der Waals surface area contributed by atoms with Crippen molar-refractivity contribution >= 4 is 23.2 Å². The van der Waals surface area contributed by atoms with Crippen LogP contribution in [0.4, 0.5) is 0 Å². The van der Waals surface area contributed by atoms with Crippen LogP contribution in [0.1, 0.15) is 48.8 Å². The zero-order valence-electron chi connectivity index (χ0n) is 14.3. The van der Waals surface area contributed by atoms with Gasteiger partial charge in [0, 0.05) is 6.08 Å². The van der Waals surface area contributed by atoms with Gasteiger partial charge in [-0.1, -0.05) is 61.0 Å². The van der Waals surface area contributed by atoms with Gasteiger partial charge in [0.1, 0.15) is 6.10 Å². The average molecular weight is 330 g/mol. The van der Waals surface area contributed by atoms with Gasteiger partial charge in [-0.25, -0.2) is 4.79 Å². The summed E-state index contributed by atoms with van der Waals surface area (Å²) >= 11 is 0. The number of esters is 1. The predicted octanol–water partition coefficient (Wildman–Crippen LogP) is 5.50. The standard InChI is InChI=1S/C23H22O2/c24-23(25-19-12-5-2-6-13-19)16-22-20-14-8-7-11-18(20)15-21(22)17-9-3-1-4-10-17/h1,3-4,7-11,14-16,19H,2,5-6,12-13H2/b22-16+. The van der Waals surface area contributed by atoms with Crippen LogP contribution in [0, 0.1) is 0 Å². The zero-order valence-corrected chi connectivity index (χ0v) is 14.3. The second-order valence-electron chi connectivity index (χ2n) is 6.77. The Labute approximate surface area is 148 Å². The maximum Gasteiger partial charge on any atom is 0.331 e. The minimum absolute atomic E-state index is 0.0823. The van der Waals surface area contributed by atoms with E-state index in [0.29, 0.717) is 0 Å². The molecule has 0 aromatic heterocycles. The van der Waals surface area contributed by atoms with E-state index in [0.717, 1.165) is 53.5 Å². The van der Waals surface area contributed by atoms with Gasteiger partial charge in [0.2, 0.25) is 0 Å². The molecule has 0 amide bonds. The molecule has 0 heterocycles. The Hall–Kier alpha value is -2.61. The number of allylic oxidation sites excluding steroid dienone is 2. The molecule has 2 aliphatic carbocycles. The second kappa shape index (κ2) is 7.10. The van der Waals surface area contributed by atoms with E-state index in [9.17, 15) is 4.79 Å². The Morgan fingerprint density at radius 2 is 1.64 bits per heavy atom. The number of hydrogen-bond acceptors (Lipinski definition) is 2. The number of ether oxygens (including phenoxy) is 1. The molecule has 2 nitrogen and oxygen atoms in total. The van der Waals surface area contributed by atoms with Crippen molar-refractivity contribution < 1.29 is 9.53 Å². The molecule has 1 saturated carbocycles. The van der Waals surface area contributed by atoms with Gasteiger partial charge in [-0.2, -0.15) is 0 Å². The highest BCUT2D eigenvalue weighted by atomic mass is 16.5. The first-order valence-corrected chi connectivity index (χ1v) is 9.10. The third-order valence-corrected chi connectivity index (χ3v) is 5.02. The molecule has 0 atom stereocenters. The van der Waals surface area contributed by atoms with Crippen LogP contribution in [0.25, 0.3) is 17.2 Å². The van der Waals surface area contributed by atoms with Gasteiger partial charge < -0.3 is 4.74 Å². The number of carbonyl (C=O) groups excluding carboxylic acids is 1. The molecular formula is C23H22O2. The van der Waals surface area contributed by atoms with Crippen molar-refractivity contribution in [2.75, 3.05) is 0 Å². The Morgan fingerprint density at radius 3 is 2.44 bits per heavy atom. The zero-order chi connectivity index (χ0) is 17.1. The summed E-state index contributed by atoms with van der Waals surface area (Å²) in [4.78, 5) is 12.5. The molecule has 0 unspecified atom stereocenters. The van der Waals surface area contributed by atoms with E-state index in [1.165, 1.54) is 6.42 Å². The second-order valence-corrected chi connectivity index (χ2v) is 6.77. The summed E-state index contributed by atoms with van der Waals surface area (Å²) < 4.78 is 5.71. The molecule has 1 fully saturated rings. The lowest BCUT2D eigenvalue weighted by molar-refractivity contribution is -0.144. The molecule has 0 aliphatic heterocycles. The van der Waals surface area contributed by atoms with Crippen LogP contribution < -0.4 is 0 Å². The van der Waals surface area contributed by atoms with E-state index < -0.39 is 0 Å². The van der Waals surface area contributed by atoms with Crippen LogP contribution in [-0.2, 0) is 9.53 Å². The maximum atomic E-state index is 12.5. The lowest BCUT2D eigenvalue weighted by Crippen LogP contribution is -2.19. The third-order valence-electron chi connectivity index (χ3n) is 5.02. The van der Waals surface area contributed by atoms with Crippen LogP contribution in [-0.4, -0.2) is 12.1 Å². The monoisotopic (exact) mass is 330 g/mol. The van der Waals surface area contributed by atoms with Crippen molar-refractivity contribution in [2.24, 2.45) is 0 Å². The summed E-state index contributed by atoms with van der Waals surface area (Å²) in [6, 6.07) is 18.4. The largest absolute Gasteiger partial charge is 0.459 e. The molecular weight excluding hydrogens is 308 g/mol. The van der Waals surface area contributed by atoms with Gasteiger partial charge >= 0.3 is 5.97 Å². The molecule has 0 saturated heterocycles. The summed E-state index contributed by atoms with van der Waals surface area (Å²) in [6.45, 7) is 0. The van der Waals surface area contributed by atoms with Crippen molar-refractivity contribution in [3.8, 4) is 0 Å². The fourth-order valence-electron chi connectivity index (χ4n) is 3.76. The number of rotatable bonds is 3. The molecule has 0 radical (unpaired) electrons. The smallest absolute Gasteiger partial charge is 0.331 e. The topological polar surface area (TPSA) is 26.3 Å². The Bertz CT molecular complexity index is 824. The van der Waals surface area contributed by atoms with Crippen molar-refractivity contribution in [1.82, 2.24) is 0 Å². The number of hydrogen-bond donors (Lipinski definition) is 0. The van der Waals surface area contributed by atoms with Crippen LogP contribution in [0.15, 0.2) is 60.7 Å². The van der Waals surface area contributed by atoms with E-state index in [-0.39, 0.29) is 12.1 Å². The van der Waals surface area contributed by atoms with Crippen LogP contribution in [0.2, 0.25) is 0 Å². The van der Waals surface area contributed by atoms with E-state index in [1.54, 1.807) is 6.08 Å². The van der Waals surface area contributed by atoms with Crippen molar-refractivity contribution in [3.05, 3.63) is 77.4 Å². The minimum Gasteiger partial charge on any atom is -0.459 e. The number of carbonyl (C=O) groups is 1. The highest BCUT2D eigenvalue weighted by Gasteiger charge is 2.22. The first-order chi connectivity index (χ1) is 12.3. The van der Waals surface area contributed by atoms with Crippen LogP contribution in [0.5, 0.6) is 0 Å². The molecule has 2 aliphatic rings. The summed E-state index contributed by atoms with van der Waals surface area (Å²) in [7, 11) is 0. The van der Waals surface area contributed by atoms with E-state index in [1.807, 2.05) is 30.3 Å². The van der Waals surface area contributed by atoms with E-state index >= 15 is 0 Å². The Kier molecular flexibility index (Phi) is 4.51.